The molecule has 1 unspecified atom stereocenters. The molecule has 2 amide bonds. The standard InChI is InChI=1S/C23H26FN3OS2/c24-19-7-5-18(6-8-19)22(21-4-2-14-30-21)26-23(28)25-15-17-9-11-27(12-10-17)16-20-3-1-13-29-20/h1-8,13-14,17,22H,9-12,15-16H2,(H2,25,26,28). The molecule has 0 radical (unpaired) electrons. The fraction of sp³-hybridized carbons (Fsp3) is 0.348. The molecular weight excluding hydrogens is 417 g/mol. The monoisotopic (exact) mass is 443 g/mol. The number of halogens is 1. The predicted molar refractivity (Wildman–Crippen MR) is 121 cm³/mol. The molecule has 4 rings (SSSR count). The molecule has 0 bridgehead atoms. The maximum atomic E-state index is 13.3. The lowest BCUT2D eigenvalue weighted by molar-refractivity contribution is 0.176. The van der Waals surface area contributed by atoms with Gasteiger partial charge in [0.2, 0.25) is 0 Å². The normalized spacial score (nSPS) is 16.3. The van der Waals surface area contributed by atoms with Crippen molar-refractivity contribution in [3.63, 3.8) is 0 Å². The van der Waals surface area contributed by atoms with Crippen LogP contribution in [0.1, 0.15) is 34.2 Å². The van der Waals surface area contributed by atoms with Crippen LogP contribution < -0.4 is 10.6 Å². The molecule has 30 heavy (non-hydrogen) atoms. The number of carbonyl (C=O) groups is 1. The maximum absolute atomic E-state index is 13.3. The van der Waals surface area contributed by atoms with Crippen LogP contribution in [0.5, 0.6) is 0 Å². The molecule has 2 N–H and O–H groups in total. The topological polar surface area (TPSA) is 44.4 Å². The van der Waals surface area contributed by atoms with Crippen LogP contribution in [0.4, 0.5) is 9.18 Å². The van der Waals surface area contributed by atoms with Gasteiger partial charge in [-0.05, 0) is 72.4 Å². The maximum Gasteiger partial charge on any atom is 0.315 e. The molecule has 0 saturated carbocycles. The first-order chi connectivity index (χ1) is 14.7. The van der Waals surface area contributed by atoms with Gasteiger partial charge in [0.15, 0.2) is 0 Å². The molecule has 3 aromatic rings. The van der Waals surface area contributed by atoms with Crippen molar-refractivity contribution in [3.8, 4) is 0 Å². The number of nitrogens with zero attached hydrogens (tertiary/aromatic N) is 1. The molecular formula is C23H26FN3OS2. The van der Waals surface area contributed by atoms with Crippen molar-refractivity contribution in [2.75, 3.05) is 19.6 Å². The van der Waals surface area contributed by atoms with E-state index in [1.807, 2.05) is 28.8 Å². The van der Waals surface area contributed by atoms with Crippen molar-refractivity contribution in [3.05, 3.63) is 80.4 Å². The zero-order chi connectivity index (χ0) is 20.8. The Hall–Kier alpha value is -2.22. The third-order valence-corrected chi connectivity index (χ3v) is 7.32. The number of hydrogen-bond acceptors (Lipinski definition) is 4. The number of urea groups is 1. The number of benzene rings is 1. The number of hydrogen-bond donors (Lipinski definition) is 2. The van der Waals surface area contributed by atoms with Gasteiger partial charge in [-0.15, -0.1) is 22.7 Å². The van der Waals surface area contributed by atoms with Gasteiger partial charge in [-0.25, -0.2) is 9.18 Å². The minimum Gasteiger partial charge on any atom is -0.338 e. The SMILES string of the molecule is O=C(NCC1CCN(Cc2cccs2)CC1)NC(c1ccc(F)cc1)c1cccs1. The number of piperidine rings is 1. The number of likely N-dealkylation sites (tertiary alicyclic amines) is 1. The predicted octanol–water partition coefficient (Wildman–Crippen LogP) is 5.25. The quantitative estimate of drug-likeness (QED) is 0.524. The zero-order valence-corrected chi connectivity index (χ0v) is 18.4. The summed E-state index contributed by atoms with van der Waals surface area (Å²) in [5, 5.41) is 10.2. The highest BCUT2D eigenvalue weighted by atomic mass is 32.1. The molecule has 1 saturated heterocycles. The molecule has 158 valence electrons. The van der Waals surface area contributed by atoms with E-state index in [9.17, 15) is 9.18 Å². The van der Waals surface area contributed by atoms with Gasteiger partial charge in [-0.1, -0.05) is 24.3 Å². The van der Waals surface area contributed by atoms with Gasteiger partial charge >= 0.3 is 6.03 Å². The molecule has 7 heteroatoms. The van der Waals surface area contributed by atoms with Crippen LogP contribution in [0.15, 0.2) is 59.3 Å². The van der Waals surface area contributed by atoms with Crippen LogP contribution in [0, 0.1) is 11.7 Å². The highest BCUT2D eigenvalue weighted by molar-refractivity contribution is 7.10. The van der Waals surface area contributed by atoms with Crippen LogP contribution in [-0.2, 0) is 6.54 Å². The largest absolute Gasteiger partial charge is 0.338 e. The fourth-order valence-electron chi connectivity index (χ4n) is 3.82. The molecule has 1 fully saturated rings. The third kappa shape index (κ3) is 5.68. The average molecular weight is 444 g/mol. The van der Waals surface area contributed by atoms with E-state index in [-0.39, 0.29) is 17.9 Å². The minimum absolute atomic E-state index is 0.182. The molecule has 2 aromatic heterocycles. The summed E-state index contributed by atoms with van der Waals surface area (Å²) >= 11 is 3.39. The zero-order valence-electron chi connectivity index (χ0n) is 16.7. The Morgan fingerprint density at radius 2 is 1.80 bits per heavy atom. The second-order valence-electron chi connectivity index (χ2n) is 7.65. The highest BCUT2D eigenvalue weighted by Crippen LogP contribution is 2.26. The summed E-state index contributed by atoms with van der Waals surface area (Å²) < 4.78 is 13.3. The van der Waals surface area contributed by atoms with E-state index in [4.69, 9.17) is 0 Å². The summed E-state index contributed by atoms with van der Waals surface area (Å²) in [5.41, 5.74) is 0.871. The first kappa shape index (κ1) is 21.0. The number of nitrogens with one attached hydrogen (secondary N) is 2. The van der Waals surface area contributed by atoms with E-state index < -0.39 is 0 Å². The highest BCUT2D eigenvalue weighted by Gasteiger charge is 2.22. The lowest BCUT2D eigenvalue weighted by atomic mass is 9.97. The molecule has 0 spiro atoms. The van der Waals surface area contributed by atoms with Crippen LogP contribution in [-0.4, -0.2) is 30.6 Å². The molecule has 4 nitrogen and oxygen atoms in total. The van der Waals surface area contributed by atoms with Gasteiger partial charge in [-0.2, -0.15) is 0 Å². The molecule has 1 atom stereocenters. The van der Waals surface area contributed by atoms with Crippen molar-refractivity contribution in [1.82, 2.24) is 15.5 Å². The van der Waals surface area contributed by atoms with E-state index in [2.05, 4.69) is 33.0 Å². The Balaban J connectivity index is 1.26. The number of carbonyl (C=O) groups excluding carboxylic acids is 1. The number of thiophene rings is 2. The van der Waals surface area contributed by atoms with Crippen molar-refractivity contribution >= 4 is 28.7 Å². The average Bonchev–Trinajstić information content (AvgIpc) is 3.47. The van der Waals surface area contributed by atoms with Crippen LogP contribution >= 0.6 is 22.7 Å². The summed E-state index contributed by atoms with van der Waals surface area (Å²) in [6, 6.07) is 14.1. The first-order valence-electron chi connectivity index (χ1n) is 10.3. The minimum atomic E-state index is -0.279. The van der Waals surface area contributed by atoms with Gasteiger partial charge in [-0.3, -0.25) is 4.90 Å². The van der Waals surface area contributed by atoms with Crippen LogP contribution in [0.25, 0.3) is 0 Å². The molecule has 3 heterocycles. The molecule has 0 aliphatic carbocycles. The summed E-state index contributed by atoms with van der Waals surface area (Å²) in [6.07, 6.45) is 2.19. The van der Waals surface area contributed by atoms with Gasteiger partial charge in [0, 0.05) is 22.8 Å². The number of rotatable bonds is 7. The van der Waals surface area contributed by atoms with E-state index in [1.54, 1.807) is 23.5 Å². The third-order valence-electron chi connectivity index (χ3n) is 5.52. The van der Waals surface area contributed by atoms with Gasteiger partial charge in [0.05, 0.1) is 6.04 Å². The Labute approximate surface area is 184 Å². The van der Waals surface area contributed by atoms with Crippen LogP contribution in [0.2, 0.25) is 0 Å². The molecule has 1 aliphatic rings. The van der Waals surface area contributed by atoms with E-state index in [0.29, 0.717) is 12.5 Å². The summed E-state index contributed by atoms with van der Waals surface area (Å²) in [4.78, 5) is 17.5. The first-order valence-corrected chi connectivity index (χ1v) is 12.0. The lowest BCUT2D eigenvalue weighted by Crippen LogP contribution is -2.42. The second kappa shape index (κ2) is 10.2. The Morgan fingerprint density at radius 3 is 2.47 bits per heavy atom. The number of amides is 2. The fourth-order valence-corrected chi connectivity index (χ4v) is 5.37. The van der Waals surface area contributed by atoms with Crippen molar-refractivity contribution in [2.45, 2.75) is 25.4 Å². The Morgan fingerprint density at radius 1 is 1.07 bits per heavy atom. The van der Waals surface area contributed by atoms with Crippen molar-refractivity contribution in [1.29, 1.82) is 0 Å². The van der Waals surface area contributed by atoms with E-state index >= 15 is 0 Å². The molecule has 1 aliphatic heterocycles. The second-order valence-corrected chi connectivity index (χ2v) is 9.66. The van der Waals surface area contributed by atoms with Crippen molar-refractivity contribution in [2.24, 2.45) is 5.92 Å². The van der Waals surface area contributed by atoms with Gasteiger partial charge in [0.25, 0.3) is 0 Å². The van der Waals surface area contributed by atoms with Gasteiger partial charge in [0.1, 0.15) is 5.82 Å². The smallest absolute Gasteiger partial charge is 0.315 e. The summed E-state index contributed by atoms with van der Waals surface area (Å²) in [6.45, 7) is 3.84. The van der Waals surface area contributed by atoms with E-state index in [0.717, 1.165) is 42.9 Å². The summed E-state index contributed by atoms with van der Waals surface area (Å²) in [7, 11) is 0. The van der Waals surface area contributed by atoms with Gasteiger partial charge < -0.3 is 10.6 Å². The lowest BCUT2D eigenvalue weighted by Gasteiger charge is -2.31. The van der Waals surface area contributed by atoms with Crippen LogP contribution in [0.3, 0.4) is 0 Å². The van der Waals surface area contributed by atoms with Crippen molar-refractivity contribution < 1.29 is 9.18 Å². The summed E-state index contributed by atoms with van der Waals surface area (Å²) in [5.74, 6) is 0.222. The molecule has 1 aromatic carbocycles. The Bertz CT molecular complexity index is 905. The Kier molecular flexibility index (Phi) is 7.15. The van der Waals surface area contributed by atoms with E-state index in [1.165, 1.54) is 17.0 Å².